The molecule has 0 aliphatic heterocycles. The first-order valence-electron chi connectivity index (χ1n) is 7.91. The minimum absolute atomic E-state index is 0.0392. The number of amides is 2. The van der Waals surface area contributed by atoms with Crippen molar-refractivity contribution in [3.63, 3.8) is 0 Å². The van der Waals surface area contributed by atoms with Gasteiger partial charge in [-0.25, -0.2) is 4.79 Å². The Kier molecular flexibility index (Phi) is 5.06. The second-order valence-electron chi connectivity index (χ2n) is 6.88. The molecule has 1 heterocycles. The van der Waals surface area contributed by atoms with Gasteiger partial charge in [-0.2, -0.15) is 0 Å². The van der Waals surface area contributed by atoms with Gasteiger partial charge in [-0.15, -0.1) is 0 Å². The third-order valence-corrected chi connectivity index (χ3v) is 4.45. The van der Waals surface area contributed by atoms with Crippen molar-refractivity contribution in [1.29, 1.82) is 0 Å². The van der Waals surface area contributed by atoms with Crippen molar-refractivity contribution >= 4 is 6.03 Å². The molecule has 0 bridgehead atoms. The molecule has 1 aliphatic rings. The fraction of sp³-hybridized carbons (Fsp3) is 0.647. The van der Waals surface area contributed by atoms with Gasteiger partial charge in [0.2, 0.25) is 0 Å². The molecule has 2 N–H and O–H groups in total. The molecule has 1 saturated carbocycles. The van der Waals surface area contributed by atoms with Crippen LogP contribution in [0.2, 0.25) is 0 Å². The third kappa shape index (κ3) is 3.77. The number of carbonyl (C=O) groups is 1. The maximum Gasteiger partial charge on any atom is 0.315 e. The summed E-state index contributed by atoms with van der Waals surface area (Å²) in [5.74, 6) is 0. The van der Waals surface area contributed by atoms with Crippen LogP contribution in [-0.2, 0) is 11.3 Å². The first-order valence-corrected chi connectivity index (χ1v) is 7.91. The first-order chi connectivity index (χ1) is 10.3. The summed E-state index contributed by atoms with van der Waals surface area (Å²) in [6.07, 6.45) is 3.02. The first kappa shape index (κ1) is 16.7. The molecule has 2 amide bonds. The molecule has 0 radical (unpaired) electrons. The average molecular weight is 305 g/mol. The Balaban J connectivity index is 1.80. The van der Waals surface area contributed by atoms with Crippen molar-refractivity contribution in [3.05, 3.63) is 29.6 Å². The zero-order chi connectivity index (χ0) is 16.3. The van der Waals surface area contributed by atoms with E-state index < -0.39 is 0 Å². The lowest BCUT2D eigenvalue weighted by molar-refractivity contribution is -0.135. The molecule has 0 saturated heterocycles. The van der Waals surface area contributed by atoms with Gasteiger partial charge < -0.3 is 15.4 Å². The Bertz CT molecular complexity index is 528. The summed E-state index contributed by atoms with van der Waals surface area (Å²) in [6, 6.07) is 3.88. The molecule has 0 unspecified atom stereocenters. The monoisotopic (exact) mass is 305 g/mol. The zero-order valence-corrected chi connectivity index (χ0v) is 14.1. The predicted octanol–water partition coefficient (Wildman–Crippen LogP) is 2.78. The van der Waals surface area contributed by atoms with Gasteiger partial charge in [0.1, 0.15) is 0 Å². The van der Waals surface area contributed by atoms with Crippen LogP contribution in [0.15, 0.2) is 18.3 Å². The number of ether oxygens (including phenoxy) is 1. The van der Waals surface area contributed by atoms with Gasteiger partial charge in [0, 0.05) is 17.7 Å². The molecular formula is C17H27N3O2. The summed E-state index contributed by atoms with van der Waals surface area (Å²) in [4.78, 5) is 16.3. The van der Waals surface area contributed by atoms with Crippen molar-refractivity contribution < 1.29 is 9.53 Å². The minimum Gasteiger partial charge on any atom is -0.375 e. The molecule has 2 atom stereocenters. The SMILES string of the molecule is Cc1cccnc1CNC(=O)N[C@@H]1C[C@H](OC(C)C)C1(C)C. The Morgan fingerprint density at radius 2 is 2.23 bits per heavy atom. The number of pyridine rings is 1. The molecule has 5 heteroatoms. The third-order valence-electron chi connectivity index (χ3n) is 4.45. The van der Waals surface area contributed by atoms with E-state index >= 15 is 0 Å². The number of hydrogen-bond acceptors (Lipinski definition) is 3. The Morgan fingerprint density at radius 3 is 2.82 bits per heavy atom. The number of hydrogen-bond donors (Lipinski definition) is 2. The van der Waals surface area contributed by atoms with Crippen LogP contribution in [-0.4, -0.2) is 29.3 Å². The summed E-state index contributed by atoms with van der Waals surface area (Å²) in [6.45, 7) is 10.8. The van der Waals surface area contributed by atoms with Crippen molar-refractivity contribution in [2.45, 2.75) is 65.8 Å². The molecule has 5 nitrogen and oxygen atoms in total. The predicted molar refractivity (Wildman–Crippen MR) is 86.5 cm³/mol. The van der Waals surface area contributed by atoms with Gasteiger partial charge >= 0.3 is 6.03 Å². The lowest BCUT2D eigenvalue weighted by Crippen LogP contribution is -2.63. The van der Waals surface area contributed by atoms with Crippen LogP contribution in [0.4, 0.5) is 4.79 Å². The number of aromatic nitrogens is 1. The molecule has 0 aromatic carbocycles. The van der Waals surface area contributed by atoms with Gasteiger partial charge in [-0.1, -0.05) is 19.9 Å². The molecule has 2 rings (SSSR count). The zero-order valence-electron chi connectivity index (χ0n) is 14.1. The van der Waals surface area contributed by atoms with Gasteiger partial charge in [0.05, 0.1) is 24.4 Å². The van der Waals surface area contributed by atoms with E-state index in [1.807, 2.05) is 32.9 Å². The van der Waals surface area contributed by atoms with Gasteiger partial charge in [0.15, 0.2) is 0 Å². The van der Waals surface area contributed by atoms with E-state index in [9.17, 15) is 4.79 Å². The van der Waals surface area contributed by atoms with Crippen LogP contribution in [0.5, 0.6) is 0 Å². The van der Waals surface area contributed by atoms with E-state index in [0.29, 0.717) is 6.54 Å². The van der Waals surface area contributed by atoms with E-state index in [2.05, 4.69) is 29.5 Å². The normalized spacial score (nSPS) is 23.0. The molecule has 122 valence electrons. The van der Waals surface area contributed by atoms with Crippen molar-refractivity contribution in [2.24, 2.45) is 5.41 Å². The second-order valence-corrected chi connectivity index (χ2v) is 6.88. The van der Waals surface area contributed by atoms with Crippen molar-refractivity contribution in [3.8, 4) is 0 Å². The molecule has 1 aliphatic carbocycles. The highest BCUT2D eigenvalue weighted by molar-refractivity contribution is 5.74. The van der Waals surface area contributed by atoms with E-state index in [-0.39, 0.29) is 29.7 Å². The fourth-order valence-electron chi connectivity index (χ4n) is 2.77. The molecule has 0 spiro atoms. The van der Waals surface area contributed by atoms with Gasteiger partial charge in [-0.05, 0) is 38.8 Å². The molecule has 1 aromatic rings. The largest absolute Gasteiger partial charge is 0.375 e. The van der Waals surface area contributed by atoms with E-state index in [0.717, 1.165) is 17.7 Å². The Hall–Kier alpha value is -1.62. The summed E-state index contributed by atoms with van der Waals surface area (Å²) >= 11 is 0. The van der Waals surface area contributed by atoms with Crippen LogP contribution >= 0.6 is 0 Å². The van der Waals surface area contributed by atoms with Gasteiger partial charge in [-0.3, -0.25) is 4.98 Å². The highest BCUT2D eigenvalue weighted by atomic mass is 16.5. The van der Waals surface area contributed by atoms with E-state index in [1.165, 1.54) is 0 Å². The number of nitrogens with zero attached hydrogens (tertiary/aromatic N) is 1. The van der Waals surface area contributed by atoms with Crippen LogP contribution in [0, 0.1) is 12.3 Å². The topological polar surface area (TPSA) is 63.2 Å². The number of aryl methyl sites for hydroxylation is 1. The lowest BCUT2D eigenvalue weighted by Gasteiger charge is -2.52. The number of carbonyl (C=O) groups excluding carboxylic acids is 1. The maximum atomic E-state index is 12.1. The fourth-order valence-corrected chi connectivity index (χ4v) is 2.77. The summed E-state index contributed by atoms with van der Waals surface area (Å²) in [5, 5.41) is 5.92. The van der Waals surface area contributed by atoms with E-state index in [4.69, 9.17) is 4.74 Å². The highest BCUT2D eigenvalue weighted by Crippen LogP contribution is 2.43. The second kappa shape index (κ2) is 6.65. The average Bonchev–Trinajstić information content (AvgIpc) is 2.45. The molecule has 1 fully saturated rings. The number of rotatable bonds is 5. The Morgan fingerprint density at radius 1 is 1.50 bits per heavy atom. The minimum atomic E-state index is -0.147. The van der Waals surface area contributed by atoms with Crippen LogP contribution in [0.3, 0.4) is 0 Å². The maximum absolute atomic E-state index is 12.1. The number of urea groups is 1. The Labute approximate surface area is 132 Å². The molecule has 22 heavy (non-hydrogen) atoms. The molecular weight excluding hydrogens is 278 g/mol. The summed E-state index contributed by atoms with van der Waals surface area (Å²) < 4.78 is 5.88. The van der Waals surface area contributed by atoms with Crippen LogP contribution in [0.25, 0.3) is 0 Å². The quantitative estimate of drug-likeness (QED) is 0.879. The van der Waals surface area contributed by atoms with Crippen molar-refractivity contribution in [1.82, 2.24) is 15.6 Å². The van der Waals surface area contributed by atoms with Crippen molar-refractivity contribution in [2.75, 3.05) is 0 Å². The van der Waals surface area contributed by atoms with Gasteiger partial charge in [0.25, 0.3) is 0 Å². The summed E-state index contributed by atoms with van der Waals surface area (Å²) in [5.41, 5.74) is 1.94. The smallest absolute Gasteiger partial charge is 0.315 e. The standard InChI is InChI=1S/C17H27N3O2/c1-11(2)22-15-9-14(17(15,4)5)20-16(21)19-10-13-12(3)7-6-8-18-13/h6-8,11,14-15H,9-10H2,1-5H3,(H2,19,20,21)/t14-,15+/m1/s1. The number of nitrogens with one attached hydrogen (secondary N) is 2. The molecule has 1 aromatic heterocycles. The lowest BCUT2D eigenvalue weighted by atomic mass is 9.64. The van der Waals surface area contributed by atoms with Crippen LogP contribution < -0.4 is 10.6 Å². The summed E-state index contributed by atoms with van der Waals surface area (Å²) in [7, 11) is 0. The van der Waals surface area contributed by atoms with Crippen LogP contribution in [0.1, 0.15) is 45.4 Å². The van der Waals surface area contributed by atoms with E-state index in [1.54, 1.807) is 6.20 Å². The highest BCUT2D eigenvalue weighted by Gasteiger charge is 2.50.